The molecular weight excluding hydrogens is 278 g/mol. The fraction of sp³-hybridized carbons (Fsp3) is 0.583. The largest absolute Gasteiger partial charge is 0.308 e. The third-order valence-corrected chi connectivity index (χ3v) is 4.73. The lowest BCUT2D eigenvalue weighted by molar-refractivity contribution is 0.333. The summed E-state index contributed by atoms with van der Waals surface area (Å²) in [7, 11) is 0.221. The van der Waals surface area contributed by atoms with Crippen molar-refractivity contribution in [1.82, 2.24) is 14.2 Å². The molecule has 0 unspecified atom stereocenters. The molecule has 0 bridgehead atoms. The summed E-state index contributed by atoms with van der Waals surface area (Å²) >= 11 is 0. The third kappa shape index (κ3) is 4.14. The van der Waals surface area contributed by atoms with Crippen LogP contribution in [0.5, 0.6) is 0 Å². The second-order valence-electron chi connectivity index (χ2n) is 4.70. The zero-order valence-corrected chi connectivity index (χ0v) is 13.0. The lowest BCUT2D eigenvalue weighted by Crippen LogP contribution is -2.37. The predicted molar refractivity (Wildman–Crippen MR) is 79.7 cm³/mol. The first-order chi connectivity index (χ1) is 9.43. The molecule has 1 aromatic heterocycles. The van der Waals surface area contributed by atoms with Crippen molar-refractivity contribution in [3.8, 4) is 0 Å². The Morgan fingerprint density at radius 1 is 1.30 bits per heavy atom. The van der Waals surface area contributed by atoms with E-state index < -0.39 is 10.0 Å². The topological polar surface area (TPSA) is 91.6 Å². The van der Waals surface area contributed by atoms with Crippen molar-refractivity contribution >= 4 is 15.8 Å². The highest BCUT2D eigenvalue weighted by Gasteiger charge is 2.26. The number of aromatic nitrogens is 1. The first-order valence-corrected chi connectivity index (χ1v) is 7.94. The van der Waals surface area contributed by atoms with Crippen LogP contribution >= 0.6 is 0 Å². The summed E-state index contributed by atoms with van der Waals surface area (Å²) in [5, 5.41) is 0. The van der Waals surface area contributed by atoms with Crippen LogP contribution in [-0.4, -0.2) is 56.3 Å². The first-order valence-electron chi connectivity index (χ1n) is 6.50. The molecule has 0 aliphatic rings. The van der Waals surface area contributed by atoms with E-state index >= 15 is 0 Å². The lowest BCUT2D eigenvalue weighted by Gasteiger charge is -2.24. The molecular formula is C12H23N5O2S. The minimum atomic E-state index is -3.60. The van der Waals surface area contributed by atoms with Crippen LogP contribution in [0.3, 0.4) is 0 Å². The van der Waals surface area contributed by atoms with Gasteiger partial charge in [-0.15, -0.1) is 0 Å². The van der Waals surface area contributed by atoms with Crippen molar-refractivity contribution in [3.63, 3.8) is 0 Å². The predicted octanol–water partition coefficient (Wildman–Crippen LogP) is 0.330. The van der Waals surface area contributed by atoms with Gasteiger partial charge in [-0.05, 0) is 32.6 Å². The molecule has 1 aromatic rings. The molecule has 20 heavy (non-hydrogen) atoms. The molecule has 0 spiro atoms. The zero-order chi connectivity index (χ0) is 15.2. The van der Waals surface area contributed by atoms with Gasteiger partial charge in [0.05, 0.1) is 0 Å². The van der Waals surface area contributed by atoms with E-state index in [1.165, 1.54) is 16.6 Å². The number of likely N-dealkylation sites (N-methyl/N-ethyl adjacent to an activating group) is 1. The Balaban J connectivity index is 3.09. The molecule has 0 amide bonds. The average Bonchev–Trinajstić information content (AvgIpc) is 2.42. The summed E-state index contributed by atoms with van der Waals surface area (Å²) < 4.78 is 26.8. The van der Waals surface area contributed by atoms with Crippen molar-refractivity contribution in [1.29, 1.82) is 0 Å². The van der Waals surface area contributed by atoms with Crippen molar-refractivity contribution in [2.75, 3.05) is 39.2 Å². The fourth-order valence-corrected chi connectivity index (χ4v) is 3.39. The summed E-state index contributed by atoms with van der Waals surface area (Å²) in [6.45, 7) is 3.51. The Kier molecular flexibility index (Phi) is 6.34. The van der Waals surface area contributed by atoms with Crippen LogP contribution in [-0.2, 0) is 10.0 Å². The van der Waals surface area contributed by atoms with Gasteiger partial charge in [0.2, 0.25) is 10.0 Å². The summed E-state index contributed by atoms with van der Waals surface area (Å²) in [4.78, 5) is 6.00. The number of pyridine rings is 1. The molecule has 0 aliphatic carbocycles. The van der Waals surface area contributed by atoms with Crippen LogP contribution in [0.25, 0.3) is 0 Å². The van der Waals surface area contributed by atoms with Gasteiger partial charge in [0.1, 0.15) is 4.90 Å². The fourth-order valence-electron chi connectivity index (χ4n) is 1.76. The molecule has 114 valence electrons. The number of anilines is 1. The van der Waals surface area contributed by atoms with E-state index in [1.54, 1.807) is 6.07 Å². The van der Waals surface area contributed by atoms with Crippen molar-refractivity contribution < 1.29 is 8.42 Å². The average molecular weight is 301 g/mol. The first kappa shape index (κ1) is 16.8. The monoisotopic (exact) mass is 301 g/mol. The van der Waals surface area contributed by atoms with Gasteiger partial charge in [-0.25, -0.2) is 19.2 Å². The van der Waals surface area contributed by atoms with Crippen LogP contribution in [0, 0.1) is 0 Å². The molecule has 0 aromatic carbocycles. The quantitative estimate of drug-likeness (QED) is 0.531. The summed E-state index contributed by atoms with van der Waals surface area (Å²) in [6, 6.07) is 3.10. The van der Waals surface area contributed by atoms with Crippen molar-refractivity contribution in [3.05, 3.63) is 18.3 Å². The smallest absolute Gasteiger partial charge is 0.246 e. The van der Waals surface area contributed by atoms with Gasteiger partial charge in [-0.3, -0.25) is 0 Å². The van der Waals surface area contributed by atoms with Crippen LogP contribution in [0.4, 0.5) is 5.82 Å². The number of nitrogens with two attached hydrogens (primary N) is 1. The maximum atomic E-state index is 12.7. The van der Waals surface area contributed by atoms with Gasteiger partial charge >= 0.3 is 0 Å². The number of rotatable bonds is 8. The number of nitrogen functional groups attached to an aromatic ring is 1. The Hall–Kier alpha value is -1.22. The Labute approximate surface area is 120 Å². The van der Waals surface area contributed by atoms with E-state index in [1.807, 2.05) is 25.9 Å². The van der Waals surface area contributed by atoms with Crippen LogP contribution in [0.2, 0.25) is 0 Å². The van der Waals surface area contributed by atoms with Gasteiger partial charge in [-0.2, -0.15) is 4.31 Å². The normalized spacial score (nSPS) is 12.1. The van der Waals surface area contributed by atoms with Crippen molar-refractivity contribution in [2.24, 2.45) is 5.84 Å². The molecule has 0 atom stereocenters. The van der Waals surface area contributed by atoms with E-state index in [0.29, 0.717) is 19.6 Å². The second kappa shape index (κ2) is 7.53. The standard InChI is InChI=1S/C12H23N5O2S/c1-4-8-17(10-9-16(2)3)20(18,19)11-6-5-7-14-12(11)15-13/h5-7H,4,8-10,13H2,1-3H3,(H,14,15). The molecule has 0 saturated carbocycles. The summed E-state index contributed by atoms with van der Waals surface area (Å²) in [5.41, 5.74) is 2.34. The zero-order valence-electron chi connectivity index (χ0n) is 12.2. The Bertz CT molecular complexity index is 518. The van der Waals surface area contributed by atoms with E-state index in [2.05, 4.69) is 10.4 Å². The van der Waals surface area contributed by atoms with Gasteiger partial charge in [0.15, 0.2) is 5.82 Å². The number of hydrazine groups is 1. The van der Waals surface area contributed by atoms with Gasteiger partial charge in [0, 0.05) is 25.8 Å². The third-order valence-electron chi connectivity index (χ3n) is 2.79. The highest BCUT2D eigenvalue weighted by Crippen LogP contribution is 2.21. The Morgan fingerprint density at radius 2 is 2.00 bits per heavy atom. The Morgan fingerprint density at radius 3 is 2.55 bits per heavy atom. The van der Waals surface area contributed by atoms with E-state index in [9.17, 15) is 8.42 Å². The molecule has 0 saturated heterocycles. The molecule has 0 fully saturated rings. The van der Waals surface area contributed by atoms with E-state index in [0.717, 1.165) is 6.42 Å². The highest BCUT2D eigenvalue weighted by atomic mass is 32.2. The van der Waals surface area contributed by atoms with Crippen LogP contribution in [0.15, 0.2) is 23.2 Å². The minimum absolute atomic E-state index is 0.106. The number of nitrogens with one attached hydrogen (secondary N) is 1. The van der Waals surface area contributed by atoms with Crippen LogP contribution < -0.4 is 11.3 Å². The summed E-state index contributed by atoms with van der Waals surface area (Å²) in [5.74, 6) is 5.51. The number of hydrogen-bond donors (Lipinski definition) is 2. The van der Waals surface area contributed by atoms with Gasteiger partial charge in [0.25, 0.3) is 0 Å². The van der Waals surface area contributed by atoms with E-state index in [4.69, 9.17) is 5.84 Å². The van der Waals surface area contributed by atoms with Gasteiger partial charge in [-0.1, -0.05) is 6.92 Å². The molecule has 1 rings (SSSR count). The molecule has 0 aliphatic heterocycles. The maximum absolute atomic E-state index is 12.7. The number of sulfonamides is 1. The molecule has 7 nitrogen and oxygen atoms in total. The molecule has 3 N–H and O–H groups in total. The van der Waals surface area contributed by atoms with Crippen molar-refractivity contribution in [2.45, 2.75) is 18.2 Å². The number of hydrogen-bond acceptors (Lipinski definition) is 6. The molecule has 0 radical (unpaired) electrons. The summed E-state index contributed by atoms with van der Waals surface area (Å²) in [6.07, 6.45) is 2.25. The highest BCUT2D eigenvalue weighted by molar-refractivity contribution is 7.89. The minimum Gasteiger partial charge on any atom is -0.308 e. The van der Waals surface area contributed by atoms with E-state index in [-0.39, 0.29) is 10.7 Å². The molecule has 8 heteroatoms. The molecule has 1 heterocycles. The lowest BCUT2D eigenvalue weighted by atomic mass is 10.4. The SMILES string of the molecule is CCCN(CCN(C)C)S(=O)(=O)c1cccnc1NN. The van der Waals surface area contributed by atoms with Crippen LogP contribution in [0.1, 0.15) is 13.3 Å². The van der Waals surface area contributed by atoms with Gasteiger partial charge < -0.3 is 10.3 Å². The maximum Gasteiger partial charge on any atom is 0.246 e. The number of nitrogens with zero attached hydrogens (tertiary/aromatic N) is 3. The second-order valence-corrected chi connectivity index (χ2v) is 6.61.